The first-order valence-electron chi connectivity index (χ1n) is 7.06. The molecule has 1 aliphatic heterocycles. The standard InChI is InChI=1S/C18H13N3S/c1-12-11-19-18-17(20-12)21-16(13-7-3-2-4-8-13)14-9-5-6-10-15(14)22-18/h2-11H,1H3. The molecule has 1 aliphatic rings. The molecule has 0 amide bonds. The van der Waals surface area contributed by atoms with Gasteiger partial charge < -0.3 is 0 Å². The SMILES string of the molecule is Cc1cnc2c(n1)N=C(c1ccccc1)c1ccccc1S2. The molecule has 1 aromatic heterocycles. The zero-order valence-corrected chi connectivity index (χ0v) is 12.8. The lowest BCUT2D eigenvalue weighted by atomic mass is 10.0. The van der Waals surface area contributed by atoms with E-state index in [4.69, 9.17) is 4.99 Å². The van der Waals surface area contributed by atoms with Crippen LogP contribution in [0.4, 0.5) is 5.82 Å². The molecule has 106 valence electrons. The summed E-state index contributed by atoms with van der Waals surface area (Å²) in [5, 5.41) is 0.851. The van der Waals surface area contributed by atoms with Gasteiger partial charge in [0.25, 0.3) is 0 Å². The maximum atomic E-state index is 4.83. The van der Waals surface area contributed by atoms with E-state index < -0.39 is 0 Å². The Morgan fingerprint density at radius 1 is 0.909 bits per heavy atom. The van der Waals surface area contributed by atoms with E-state index in [-0.39, 0.29) is 0 Å². The number of nitrogens with zero attached hydrogens (tertiary/aromatic N) is 3. The van der Waals surface area contributed by atoms with Crippen LogP contribution in [0.5, 0.6) is 0 Å². The van der Waals surface area contributed by atoms with Crippen LogP contribution in [0.25, 0.3) is 0 Å². The van der Waals surface area contributed by atoms with E-state index in [9.17, 15) is 0 Å². The van der Waals surface area contributed by atoms with Gasteiger partial charge in [-0.15, -0.1) is 0 Å². The van der Waals surface area contributed by atoms with Crippen LogP contribution in [-0.2, 0) is 0 Å². The molecular formula is C18H13N3S. The van der Waals surface area contributed by atoms with Crippen molar-refractivity contribution in [2.24, 2.45) is 4.99 Å². The van der Waals surface area contributed by atoms with Gasteiger partial charge in [-0.2, -0.15) is 0 Å². The molecule has 4 rings (SSSR count). The van der Waals surface area contributed by atoms with Gasteiger partial charge >= 0.3 is 0 Å². The van der Waals surface area contributed by atoms with E-state index in [0.29, 0.717) is 5.82 Å². The minimum atomic E-state index is 0.694. The van der Waals surface area contributed by atoms with Crippen LogP contribution in [0.3, 0.4) is 0 Å². The molecule has 0 radical (unpaired) electrons. The fourth-order valence-corrected chi connectivity index (χ4v) is 3.35. The van der Waals surface area contributed by atoms with Gasteiger partial charge in [-0.05, 0) is 13.0 Å². The molecule has 4 heteroatoms. The van der Waals surface area contributed by atoms with Crippen LogP contribution in [0.15, 0.2) is 75.7 Å². The van der Waals surface area contributed by atoms with Gasteiger partial charge in [0.1, 0.15) is 5.03 Å². The van der Waals surface area contributed by atoms with Crippen molar-refractivity contribution >= 4 is 23.3 Å². The van der Waals surface area contributed by atoms with E-state index in [1.807, 2.05) is 37.3 Å². The smallest absolute Gasteiger partial charge is 0.186 e. The average molecular weight is 303 g/mol. The highest BCUT2D eigenvalue weighted by molar-refractivity contribution is 7.99. The second-order valence-electron chi connectivity index (χ2n) is 5.06. The number of aryl methyl sites for hydroxylation is 1. The molecule has 0 N–H and O–H groups in total. The predicted molar refractivity (Wildman–Crippen MR) is 89.1 cm³/mol. The number of benzene rings is 2. The highest BCUT2D eigenvalue weighted by atomic mass is 32.2. The first-order chi connectivity index (χ1) is 10.8. The van der Waals surface area contributed by atoms with Crippen molar-refractivity contribution in [2.75, 3.05) is 0 Å². The molecule has 3 nitrogen and oxygen atoms in total. The van der Waals surface area contributed by atoms with Crippen LogP contribution in [0, 0.1) is 6.92 Å². The Balaban J connectivity index is 2.00. The van der Waals surface area contributed by atoms with E-state index in [0.717, 1.165) is 32.5 Å². The average Bonchev–Trinajstić information content (AvgIpc) is 2.72. The zero-order valence-electron chi connectivity index (χ0n) is 12.0. The van der Waals surface area contributed by atoms with E-state index >= 15 is 0 Å². The second kappa shape index (κ2) is 5.39. The fourth-order valence-electron chi connectivity index (χ4n) is 2.44. The lowest BCUT2D eigenvalue weighted by molar-refractivity contribution is 1.01. The summed E-state index contributed by atoms with van der Waals surface area (Å²) in [5.41, 5.74) is 4.03. The lowest BCUT2D eigenvalue weighted by Crippen LogP contribution is -2.03. The van der Waals surface area contributed by atoms with E-state index in [1.54, 1.807) is 18.0 Å². The molecule has 0 saturated heterocycles. The summed E-state index contributed by atoms with van der Waals surface area (Å²) in [6, 6.07) is 18.5. The van der Waals surface area contributed by atoms with Gasteiger partial charge in [-0.25, -0.2) is 15.0 Å². The van der Waals surface area contributed by atoms with Crippen molar-refractivity contribution < 1.29 is 0 Å². The predicted octanol–water partition coefficient (Wildman–Crippen LogP) is 4.42. The quantitative estimate of drug-likeness (QED) is 0.522. The topological polar surface area (TPSA) is 38.1 Å². The van der Waals surface area contributed by atoms with Gasteiger partial charge in [0.15, 0.2) is 5.82 Å². The molecule has 2 aromatic carbocycles. The summed E-state index contributed by atoms with van der Waals surface area (Å²) in [7, 11) is 0. The Bertz CT molecular complexity index is 873. The molecule has 0 fully saturated rings. The number of rotatable bonds is 1. The van der Waals surface area contributed by atoms with Crippen molar-refractivity contribution in [3.8, 4) is 0 Å². The van der Waals surface area contributed by atoms with E-state index in [1.165, 1.54) is 0 Å². The van der Waals surface area contributed by atoms with Crippen molar-refractivity contribution in [1.29, 1.82) is 0 Å². The van der Waals surface area contributed by atoms with Crippen LogP contribution in [0.1, 0.15) is 16.8 Å². The Kier molecular flexibility index (Phi) is 3.24. The van der Waals surface area contributed by atoms with Gasteiger partial charge in [0.05, 0.1) is 11.4 Å². The largest absolute Gasteiger partial charge is 0.244 e. The highest BCUT2D eigenvalue weighted by Crippen LogP contribution is 2.38. The molecular weight excluding hydrogens is 290 g/mol. The summed E-state index contributed by atoms with van der Waals surface area (Å²) in [5.74, 6) is 0.694. The van der Waals surface area contributed by atoms with Crippen LogP contribution in [-0.4, -0.2) is 15.7 Å². The summed E-state index contributed by atoms with van der Waals surface area (Å²) in [6.45, 7) is 1.94. The molecule has 0 unspecified atom stereocenters. The molecule has 2 heterocycles. The van der Waals surface area contributed by atoms with Crippen molar-refractivity contribution in [2.45, 2.75) is 16.8 Å². The third-order valence-electron chi connectivity index (χ3n) is 3.46. The maximum absolute atomic E-state index is 4.83. The summed E-state index contributed by atoms with van der Waals surface area (Å²) in [4.78, 5) is 15.0. The third kappa shape index (κ3) is 2.31. The highest BCUT2D eigenvalue weighted by Gasteiger charge is 2.20. The van der Waals surface area contributed by atoms with Crippen molar-refractivity contribution in [3.63, 3.8) is 0 Å². The minimum Gasteiger partial charge on any atom is -0.244 e. The Morgan fingerprint density at radius 3 is 2.55 bits per heavy atom. The molecule has 22 heavy (non-hydrogen) atoms. The molecule has 0 bridgehead atoms. The summed E-state index contributed by atoms with van der Waals surface area (Å²) < 4.78 is 0. The number of hydrogen-bond acceptors (Lipinski definition) is 4. The number of hydrogen-bond donors (Lipinski definition) is 0. The molecule has 0 spiro atoms. The van der Waals surface area contributed by atoms with Crippen LogP contribution in [0.2, 0.25) is 0 Å². The second-order valence-corrected chi connectivity index (χ2v) is 6.10. The van der Waals surface area contributed by atoms with Gasteiger partial charge in [0.2, 0.25) is 0 Å². The molecule has 0 saturated carbocycles. The Hall–Kier alpha value is -2.46. The Morgan fingerprint density at radius 2 is 1.68 bits per heavy atom. The molecule has 3 aromatic rings. The van der Waals surface area contributed by atoms with Crippen LogP contribution < -0.4 is 0 Å². The van der Waals surface area contributed by atoms with Crippen molar-refractivity contribution in [1.82, 2.24) is 9.97 Å². The summed E-state index contributed by atoms with van der Waals surface area (Å²) in [6.07, 6.45) is 1.79. The minimum absolute atomic E-state index is 0.694. The maximum Gasteiger partial charge on any atom is 0.186 e. The number of aromatic nitrogens is 2. The first kappa shape index (κ1) is 13.2. The number of aliphatic imine (C=N–C) groups is 1. The zero-order chi connectivity index (χ0) is 14.9. The first-order valence-corrected chi connectivity index (χ1v) is 7.88. The monoisotopic (exact) mass is 303 g/mol. The third-order valence-corrected chi connectivity index (χ3v) is 4.51. The summed E-state index contributed by atoms with van der Waals surface area (Å²) >= 11 is 1.62. The van der Waals surface area contributed by atoms with Gasteiger partial charge in [-0.1, -0.05) is 60.3 Å². The van der Waals surface area contributed by atoms with E-state index in [2.05, 4.69) is 34.2 Å². The Labute approximate surface area is 133 Å². The fraction of sp³-hybridized carbons (Fsp3) is 0.0556. The number of fused-ring (bicyclic) bond motifs is 2. The van der Waals surface area contributed by atoms with Gasteiger partial charge in [0, 0.05) is 22.2 Å². The normalized spacial score (nSPS) is 12.9. The van der Waals surface area contributed by atoms with Gasteiger partial charge in [-0.3, -0.25) is 0 Å². The molecule has 0 aliphatic carbocycles. The van der Waals surface area contributed by atoms with Crippen LogP contribution >= 0.6 is 11.8 Å². The molecule has 0 atom stereocenters. The lowest BCUT2D eigenvalue weighted by Gasteiger charge is -2.08. The van der Waals surface area contributed by atoms with Crippen molar-refractivity contribution in [3.05, 3.63) is 77.6 Å².